The maximum Gasteiger partial charge on any atom is 0.318 e. The Morgan fingerprint density at radius 1 is 1.15 bits per heavy atom. The molecule has 1 atom stereocenters. The topological polar surface area (TPSA) is 97.0 Å². The van der Waals surface area contributed by atoms with Crippen LogP contribution in [0.2, 0.25) is 0 Å². The molecular formula is C16H27N9O. The van der Waals surface area contributed by atoms with Crippen molar-refractivity contribution < 1.29 is 4.79 Å². The minimum Gasteiger partial charge on any atom is -0.328 e. The lowest BCUT2D eigenvalue weighted by Crippen LogP contribution is -2.52. The van der Waals surface area contributed by atoms with Gasteiger partial charge in [0.15, 0.2) is 5.82 Å². The normalized spacial score (nSPS) is 16.8. The smallest absolute Gasteiger partial charge is 0.318 e. The van der Waals surface area contributed by atoms with Crippen molar-refractivity contribution in [1.82, 2.24) is 44.6 Å². The second-order valence-electron chi connectivity index (χ2n) is 6.85. The summed E-state index contributed by atoms with van der Waals surface area (Å²) in [6, 6.07) is 0.0253. The van der Waals surface area contributed by atoms with Gasteiger partial charge < -0.3 is 14.8 Å². The summed E-state index contributed by atoms with van der Waals surface area (Å²) in [5.74, 6) is 0.778. The van der Waals surface area contributed by atoms with Gasteiger partial charge in [-0.1, -0.05) is 0 Å². The van der Waals surface area contributed by atoms with Crippen molar-refractivity contribution in [2.45, 2.75) is 39.4 Å². The third-order valence-electron chi connectivity index (χ3n) is 4.66. The summed E-state index contributed by atoms with van der Waals surface area (Å²) in [6.07, 6.45) is 4.97. The lowest BCUT2D eigenvalue weighted by molar-refractivity contribution is 0.134. The molecule has 1 fully saturated rings. The number of urea groups is 1. The van der Waals surface area contributed by atoms with E-state index in [0.717, 1.165) is 32.0 Å². The fourth-order valence-corrected chi connectivity index (χ4v) is 3.07. The number of carbonyl (C=O) groups excluding carboxylic acids is 1. The lowest BCUT2D eigenvalue weighted by atomic mass is 10.2. The number of amides is 2. The van der Waals surface area contributed by atoms with Crippen molar-refractivity contribution in [1.29, 1.82) is 0 Å². The highest BCUT2D eigenvalue weighted by Gasteiger charge is 2.24. The second-order valence-corrected chi connectivity index (χ2v) is 6.85. The molecule has 10 heteroatoms. The molecule has 2 aromatic heterocycles. The Bertz CT molecular complexity index is 688. The second kappa shape index (κ2) is 8.26. The van der Waals surface area contributed by atoms with E-state index in [0.29, 0.717) is 13.1 Å². The first-order valence-electron chi connectivity index (χ1n) is 9.04. The Kier molecular flexibility index (Phi) is 5.82. The molecule has 0 bridgehead atoms. The van der Waals surface area contributed by atoms with Crippen molar-refractivity contribution in [2.75, 3.05) is 32.7 Å². The number of hydrogen-bond donors (Lipinski definition) is 1. The van der Waals surface area contributed by atoms with E-state index in [1.807, 2.05) is 21.1 Å². The van der Waals surface area contributed by atoms with Gasteiger partial charge in [0.05, 0.1) is 12.6 Å². The first kappa shape index (κ1) is 18.3. The van der Waals surface area contributed by atoms with Crippen LogP contribution in [-0.2, 0) is 6.54 Å². The molecule has 10 nitrogen and oxygen atoms in total. The number of nitrogens with one attached hydrogen (secondary N) is 1. The van der Waals surface area contributed by atoms with Crippen LogP contribution in [0.4, 0.5) is 4.79 Å². The van der Waals surface area contributed by atoms with Gasteiger partial charge in [-0.25, -0.2) is 9.78 Å². The van der Waals surface area contributed by atoms with Crippen LogP contribution in [0.25, 0.3) is 0 Å². The van der Waals surface area contributed by atoms with Crippen LogP contribution in [0.15, 0.2) is 19.0 Å². The van der Waals surface area contributed by atoms with E-state index in [1.54, 1.807) is 19.0 Å². The monoisotopic (exact) mass is 361 g/mol. The standard InChI is InChI=1S/C16H27N9O/c1-13(2)25-12-18-21-15(25)14(3)20-16(26)23-7-4-22(5-8-23)6-9-24-11-17-10-19-24/h10-14H,4-9H2,1-3H3,(H,20,26)/t14-/m0/s1. The molecular weight excluding hydrogens is 334 g/mol. The predicted molar refractivity (Wildman–Crippen MR) is 95.4 cm³/mol. The quantitative estimate of drug-likeness (QED) is 0.806. The van der Waals surface area contributed by atoms with Crippen LogP contribution >= 0.6 is 0 Å². The van der Waals surface area contributed by atoms with Crippen LogP contribution < -0.4 is 5.32 Å². The number of aromatic nitrogens is 6. The fraction of sp³-hybridized carbons (Fsp3) is 0.688. The number of rotatable bonds is 6. The minimum atomic E-state index is -0.183. The van der Waals surface area contributed by atoms with Crippen LogP contribution in [-0.4, -0.2) is 78.1 Å². The molecule has 0 radical (unpaired) electrons. The van der Waals surface area contributed by atoms with E-state index in [4.69, 9.17) is 0 Å². The van der Waals surface area contributed by atoms with Crippen LogP contribution in [0, 0.1) is 0 Å². The largest absolute Gasteiger partial charge is 0.328 e. The predicted octanol–water partition coefficient (Wildman–Crippen LogP) is 0.539. The highest BCUT2D eigenvalue weighted by Crippen LogP contribution is 2.14. The fourth-order valence-electron chi connectivity index (χ4n) is 3.07. The summed E-state index contributed by atoms with van der Waals surface area (Å²) in [5.41, 5.74) is 0. The van der Waals surface area contributed by atoms with E-state index in [-0.39, 0.29) is 18.1 Å². The van der Waals surface area contributed by atoms with Gasteiger partial charge in [-0.3, -0.25) is 9.58 Å². The first-order valence-corrected chi connectivity index (χ1v) is 9.04. The van der Waals surface area contributed by atoms with Gasteiger partial charge in [0.2, 0.25) is 0 Å². The summed E-state index contributed by atoms with van der Waals surface area (Å²) in [4.78, 5) is 20.7. The Hall–Kier alpha value is -2.49. The van der Waals surface area contributed by atoms with Crippen molar-refractivity contribution in [3.05, 3.63) is 24.8 Å². The summed E-state index contributed by atoms with van der Waals surface area (Å²) in [7, 11) is 0. The molecule has 0 aliphatic carbocycles. The van der Waals surface area contributed by atoms with Gasteiger partial charge in [0.1, 0.15) is 19.0 Å². The molecule has 2 aromatic rings. The lowest BCUT2D eigenvalue weighted by Gasteiger charge is -2.35. The third kappa shape index (κ3) is 4.37. The van der Waals surface area contributed by atoms with Gasteiger partial charge in [0, 0.05) is 38.8 Å². The highest BCUT2D eigenvalue weighted by atomic mass is 16.2. The highest BCUT2D eigenvalue weighted by molar-refractivity contribution is 5.74. The summed E-state index contributed by atoms with van der Waals surface area (Å²) < 4.78 is 3.80. The Balaban J connectivity index is 1.45. The molecule has 0 aromatic carbocycles. The Morgan fingerprint density at radius 2 is 1.92 bits per heavy atom. The molecule has 0 unspecified atom stereocenters. The van der Waals surface area contributed by atoms with Gasteiger partial charge in [-0.05, 0) is 20.8 Å². The zero-order chi connectivity index (χ0) is 18.5. The van der Waals surface area contributed by atoms with E-state index >= 15 is 0 Å². The van der Waals surface area contributed by atoms with Crippen molar-refractivity contribution >= 4 is 6.03 Å². The van der Waals surface area contributed by atoms with Crippen molar-refractivity contribution in [2.24, 2.45) is 0 Å². The van der Waals surface area contributed by atoms with Crippen LogP contribution in [0.5, 0.6) is 0 Å². The van der Waals surface area contributed by atoms with Crippen LogP contribution in [0.3, 0.4) is 0 Å². The molecule has 1 N–H and O–H groups in total. The average molecular weight is 361 g/mol. The van der Waals surface area contributed by atoms with Crippen LogP contribution in [0.1, 0.15) is 38.7 Å². The Labute approximate surface area is 153 Å². The maximum absolute atomic E-state index is 12.6. The van der Waals surface area contributed by atoms with Gasteiger partial charge in [-0.15, -0.1) is 10.2 Å². The average Bonchev–Trinajstić information content (AvgIpc) is 3.31. The minimum absolute atomic E-state index is 0.0493. The molecule has 2 amide bonds. The summed E-state index contributed by atoms with van der Waals surface area (Å²) >= 11 is 0. The zero-order valence-corrected chi connectivity index (χ0v) is 15.6. The maximum atomic E-state index is 12.6. The number of hydrogen-bond acceptors (Lipinski definition) is 6. The van der Waals surface area contributed by atoms with Crippen molar-refractivity contribution in [3.63, 3.8) is 0 Å². The summed E-state index contributed by atoms with van der Waals surface area (Å²) in [6.45, 7) is 11.0. The number of piperazine rings is 1. The van der Waals surface area contributed by atoms with Crippen molar-refractivity contribution in [3.8, 4) is 0 Å². The molecule has 142 valence electrons. The SMILES string of the molecule is CC(C)n1cnnc1[C@H](C)NC(=O)N1CCN(CCn2cncn2)CC1. The van der Waals surface area contributed by atoms with E-state index < -0.39 is 0 Å². The molecule has 3 heterocycles. The Morgan fingerprint density at radius 3 is 2.58 bits per heavy atom. The van der Waals surface area contributed by atoms with E-state index in [1.165, 1.54) is 0 Å². The molecule has 1 aliphatic heterocycles. The zero-order valence-electron chi connectivity index (χ0n) is 15.6. The van der Waals surface area contributed by atoms with Gasteiger partial charge in [0.25, 0.3) is 0 Å². The first-order chi connectivity index (χ1) is 12.5. The molecule has 3 rings (SSSR count). The number of carbonyl (C=O) groups is 1. The molecule has 1 aliphatic rings. The van der Waals surface area contributed by atoms with Gasteiger partial charge >= 0.3 is 6.03 Å². The third-order valence-corrected chi connectivity index (χ3v) is 4.66. The van der Waals surface area contributed by atoms with E-state index in [2.05, 4.69) is 44.3 Å². The van der Waals surface area contributed by atoms with Gasteiger partial charge in [-0.2, -0.15) is 5.10 Å². The van der Waals surface area contributed by atoms with E-state index in [9.17, 15) is 4.79 Å². The molecule has 1 saturated heterocycles. The molecule has 0 saturated carbocycles. The molecule has 26 heavy (non-hydrogen) atoms. The number of nitrogens with zero attached hydrogens (tertiary/aromatic N) is 8. The summed E-state index contributed by atoms with van der Waals surface area (Å²) in [5, 5.41) is 15.3. The molecule has 0 spiro atoms.